The molecule has 1 aromatic heterocycles. The van der Waals surface area contributed by atoms with E-state index >= 15 is 0 Å². The molecule has 5 fully saturated rings. The molecular weight excluding hydrogens is 508 g/mol. The van der Waals surface area contributed by atoms with Gasteiger partial charge in [0.1, 0.15) is 11.6 Å². The number of H-pyrrole nitrogens is 1. The molecule has 8 heteroatoms. The Morgan fingerprint density at radius 1 is 0.488 bits per heavy atom. The molecule has 12 atom stereocenters. The quantitative estimate of drug-likeness (QED) is 0.234. The van der Waals surface area contributed by atoms with Gasteiger partial charge in [-0.2, -0.15) is 0 Å². The van der Waals surface area contributed by atoms with Crippen LogP contribution in [0, 0.1) is 35.5 Å². The highest BCUT2D eigenvalue weighted by Gasteiger charge is 2.50. The van der Waals surface area contributed by atoms with Crippen molar-refractivity contribution in [1.29, 1.82) is 0 Å². The molecule has 6 bridgehead atoms. The van der Waals surface area contributed by atoms with Crippen molar-refractivity contribution in [2.45, 2.75) is 147 Å². The summed E-state index contributed by atoms with van der Waals surface area (Å²) in [5.41, 5.74) is 10.1. The number of aromatic nitrogens is 1. The van der Waals surface area contributed by atoms with Gasteiger partial charge in [-0.3, -0.25) is 21.3 Å². The molecule has 0 aromatic carbocycles. The maximum Gasteiger partial charge on any atom is 0.109 e. The average molecular weight is 565 g/mol. The SMILES string of the molecule is CC1NC2NC(NC3NC(Nc4[nH]c(c5c4CCCC5)NC(N)C4CCCCC14)C1CCCCC31)C1CCCCC21. The maximum atomic E-state index is 7.13. The predicted molar refractivity (Wildman–Crippen MR) is 166 cm³/mol. The van der Waals surface area contributed by atoms with Crippen LogP contribution < -0.4 is 37.6 Å². The van der Waals surface area contributed by atoms with Gasteiger partial charge < -0.3 is 21.4 Å². The van der Waals surface area contributed by atoms with Gasteiger partial charge >= 0.3 is 0 Å². The largest absolute Gasteiger partial charge is 0.356 e. The molecule has 8 rings (SSSR count). The van der Waals surface area contributed by atoms with Gasteiger partial charge in [0, 0.05) is 6.04 Å². The Morgan fingerprint density at radius 3 is 1.51 bits per heavy atom. The minimum absolute atomic E-state index is 0.0251. The lowest BCUT2D eigenvalue weighted by molar-refractivity contribution is 0.144. The highest BCUT2D eigenvalue weighted by atomic mass is 15.4. The monoisotopic (exact) mass is 564 g/mol. The Morgan fingerprint density at radius 2 is 0.927 bits per heavy atom. The summed E-state index contributed by atoms with van der Waals surface area (Å²) in [4.78, 5) is 3.88. The molecule has 228 valence electrons. The van der Waals surface area contributed by atoms with E-state index in [0.717, 1.165) is 18.8 Å². The molecule has 3 saturated carbocycles. The van der Waals surface area contributed by atoms with Crippen LogP contribution in [-0.4, -0.2) is 41.9 Å². The second-order valence-electron chi connectivity index (χ2n) is 15.1. The van der Waals surface area contributed by atoms with Crippen molar-refractivity contribution < 1.29 is 0 Å². The first-order chi connectivity index (χ1) is 20.1. The summed E-state index contributed by atoms with van der Waals surface area (Å²) in [6.07, 6.45) is 22.3. The van der Waals surface area contributed by atoms with Crippen LogP contribution in [0.1, 0.15) is 108 Å². The van der Waals surface area contributed by atoms with Crippen LogP contribution in [0.5, 0.6) is 0 Å². The van der Waals surface area contributed by atoms with E-state index in [1.807, 2.05) is 0 Å². The minimum atomic E-state index is -0.0251. The van der Waals surface area contributed by atoms with E-state index in [9.17, 15) is 0 Å². The fourth-order valence-electron chi connectivity index (χ4n) is 10.8. The van der Waals surface area contributed by atoms with Gasteiger partial charge in [0.2, 0.25) is 0 Å². The van der Waals surface area contributed by atoms with Crippen molar-refractivity contribution in [2.24, 2.45) is 41.2 Å². The molecule has 0 radical (unpaired) electrons. The molecular formula is C33H56N8. The molecule has 41 heavy (non-hydrogen) atoms. The van der Waals surface area contributed by atoms with Crippen LogP contribution >= 0.6 is 0 Å². The van der Waals surface area contributed by atoms with E-state index < -0.39 is 0 Å². The van der Waals surface area contributed by atoms with Gasteiger partial charge in [-0.05, 0) is 118 Å². The number of hydrogen-bond acceptors (Lipinski definition) is 7. The van der Waals surface area contributed by atoms with E-state index in [2.05, 4.69) is 43.8 Å². The first-order valence-corrected chi connectivity index (χ1v) is 17.7. The maximum absolute atomic E-state index is 7.13. The zero-order chi connectivity index (χ0) is 27.5. The number of fused-ring (bicyclic) bond motifs is 16. The fourth-order valence-corrected chi connectivity index (χ4v) is 10.8. The third-order valence-corrected chi connectivity index (χ3v) is 12.9. The summed E-state index contributed by atoms with van der Waals surface area (Å²) >= 11 is 0. The van der Waals surface area contributed by atoms with E-state index in [1.54, 1.807) is 0 Å². The Hall–Kier alpha value is -1.32. The smallest absolute Gasteiger partial charge is 0.109 e. The third-order valence-electron chi connectivity index (χ3n) is 12.9. The van der Waals surface area contributed by atoms with Crippen LogP contribution in [0.25, 0.3) is 0 Å². The van der Waals surface area contributed by atoms with Crippen molar-refractivity contribution in [1.82, 2.24) is 26.3 Å². The van der Waals surface area contributed by atoms with Gasteiger partial charge in [-0.15, -0.1) is 0 Å². The lowest BCUT2D eigenvalue weighted by atomic mass is 9.73. The highest BCUT2D eigenvalue weighted by Crippen LogP contribution is 2.44. The van der Waals surface area contributed by atoms with Gasteiger partial charge in [0.15, 0.2) is 0 Å². The van der Waals surface area contributed by atoms with Crippen LogP contribution in [-0.2, 0) is 12.8 Å². The topological polar surface area (TPSA) is 114 Å². The number of nitrogens with one attached hydrogen (secondary N) is 7. The Bertz CT molecular complexity index is 1070. The average Bonchev–Trinajstić information content (AvgIpc) is 3.65. The summed E-state index contributed by atoms with van der Waals surface area (Å²) < 4.78 is 0. The Kier molecular flexibility index (Phi) is 7.52. The van der Waals surface area contributed by atoms with Crippen LogP contribution in [0.2, 0.25) is 0 Å². The number of nitrogens with two attached hydrogens (primary N) is 1. The summed E-state index contributed by atoms with van der Waals surface area (Å²) in [5, 5.41) is 24.6. The zero-order valence-corrected chi connectivity index (χ0v) is 25.3. The van der Waals surface area contributed by atoms with Gasteiger partial charge in [0.25, 0.3) is 0 Å². The zero-order valence-electron chi connectivity index (χ0n) is 25.3. The van der Waals surface area contributed by atoms with E-state index in [-0.39, 0.29) is 6.17 Å². The fraction of sp³-hybridized carbons (Fsp3) is 0.879. The molecule has 0 amide bonds. The van der Waals surface area contributed by atoms with E-state index in [4.69, 9.17) is 5.73 Å². The normalized spacial score (nSPS) is 46.2. The van der Waals surface area contributed by atoms with Crippen molar-refractivity contribution in [3.63, 3.8) is 0 Å². The molecule has 9 N–H and O–H groups in total. The number of aromatic amines is 1. The molecule has 1 aromatic rings. The molecule has 4 heterocycles. The lowest BCUT2D eigenvalue weighted by Gasteiger charge is -2.41. The van der Waals surface area contributed by atoms with Gasteiger partial charge in [-0.25, -0.2) is 0 Å². The number of hydrogen-bond donors (Lipinski definition) is 8. The standard InChI is InChI=1S/C33H56N8/c1-18-19-10-2-3-11-20(19)27(34)36-29-22-13-5-7-15-24(22)31(38-29)40-33-26-17-9-8-16-25(26)32(41-33)39-30-23-14-6-4-12-21(23)28(35-18)37-30/h18-21,23,25-28,30,32-33,35-41H,2-17,34H2,1H3. The molecule has 3 aliphatic heterocycles. The molecule has 12 unspecified atom stereocenters. The second kappa shape index (κ2) is 11.3. The number of anilines is 2. The Labute approximate surface area is 247 Å². The van der Waals surface area contributed by atoms with E-state index in [0.29, 0.717) is 60.3 Å². The highest BCUT2D eigenvalue weighted by molar-refractivity contribution is 5.64. The molecule has 2 saturated heterocycles. The van der Waals surface area contributed by atoms with Crippen molar-refractivity contribution in [3.8, 4) is 0 Å². The lowest BCUT2D eigenvalue weighted by Crippen LogP contribution is -2.58. The first kappa shape index (κ1) is 27.2. The summed E-state index contributed by atoms with van der Waals surface area (Å²) in [7, 11) is 0. The van der Waals surface area contributed by atoms with Crippen molar-refractivity contribution in [3.05, 3.63) is 11.1 Å². The summed E-state index contributed by atoms with van der Waals surface area (Å²) in [6, 6.07) is 0.453. The number of rotatable bonds is 0. The molecule has 7 aliphatic rings. The third kappa shape index (κ3) is 4.94. The van der Waals surface area contributed by atoms with Crippen LogP contribution in [0.3, 0.4) is 0 Å². The van der Waals surface area contributed by atoms with Crippen LogP contribution in [0.15, 0.2) is 0 Å². The van der Waals surface area contributed by atoms with Gasteiger partial charge in [0.05, 0.1) is 30.8 Å². The molecule has 4 aliphatic carbocycles. The summed E-state index contributed by atoms with van der Waals surface area (Å²) in [6.45, 7) is 2.46. The van der Waals surface area contributed by atoms with E-state index in [1.165, 1.54) is 113 Å². The summed E-state index contributed by atoms with van der Waals surface area (Å²) in [5.74, 6) is 6.33. The van der Waals surface area contributed by atoms with Crippen molar-refractivity contribution in [2.75, 3.05) is 10.6 Å². The second-order valence-corrected chi connectivity index (χ2v) is 15.1. The molecule has 8 nitrogen and oxygen atoms in total. The molecule has 0 spiro atoms. The predicted octanol–water partition coefficient (Wildman–Crippen LogP) is 4.51. The van der Waals surface area contributed by atoms with Crippen molar-refractivity contribution >= 4 is 11.6 Å². The first-order valence-electron chi connectivity index (χ1n) is 17.7. The minimum Gasteiger partial charge on any atom is -0.356 e. The van der Waals surface area contributed by atoms with Crippen LogP contribution in [0.4, 0.5) is 11.6 Å². The Balaban J connectivity index is 1.15. The van der Waals surface area contributed by atoms with Gasteiger partial charge in [-0.1, -0.05) is 38.5 Å².